The Hall–Kier alpha value is -2.02. The number of nitrogens with zero attached hydrogens (tertiary/aromatic N) is 5. The van der Waals surface area contributed by atoms with Crippen LogP contribution in [-0.4, -0.2) is 61.9 Å². The van der Waals surface area contributed by atoms with E-state index in [1.54, 1.807) is 18.3 Å². The van der Waals surface area contributed by atoms with Gasteiger partial charge in [0, 0.05) is 0 Å². The summed E-state index contributed by atoms with van der Waals surface area (Å²) in [5.41, 5.74) is 0.518. The molecule has 0 spiro atoms. The van der Waals surface area contributed by atoms with Crippen molar-refractivity contribution in [1.82, 2.24) is 14.8 Å². The molecule has 2 rings (SSSR count). The predicted molar refractivity (Wildman–Crippen MR) is 111 cm³/mol. The standard InChI is InChI=1S/C18H17ClF3IN5O3S/c1-3-8-27(15-11-28(26-16(15)19)13-5-4-7-24-10-13)17(29)14(25-23-31-2)12-32(30)9-6-18(20,21)22/h1,4-5,7,10-11H,6,8-9,12H2,2H3/q-1. The Bertz CT molecular complexity index is 1030. The van der Waals surface area contributed by atoms with Crippen molar-refractivity contribution in [2.45, 2.75) is 12.6 Å². The maximum atomic E-state index is 13.2. The number of pyridine rings is 1. The Labute approximate surface area is 200 Å². The van der Waals surface area contributed by atoms with E-state index in [2.05, 4.69) is 19.2 Å². The van der Waals surface area contributed by atoms with Crippen LogP contribution in [0.2, 0.25) is 5.15 Å². The first-order chi connectivity index (χ1) is 15.2. The van der Waals surface area contributed by atoms with Gasteiger partial charge in [-0.2, -0.15) is 0 Å². The molecular weight excluding hydrogens is 586 g/mol. The molecule has 8 nitrogen and oxygen atoms in total. The van der Waals surface area contributed by atoms with Gasteiger partial charge in [0.1, 0.15) is 0 Å². The molecule has 2 aromatic rings. The number of rotatable bonds is 10. The van der Waals surface area contributed by atoms with Crippen LogP contribution in [0, 0.1) is 12.3 Å². The summed E-state index contributed by atoms with van der Waals surface area (Å²) in [6.07, 6.45) is 4.26. The van der Waals surface area contributed by atoms with Gasteiger partial charge in [0.25, 0.3) is 0 Å². The Kier molecular flexibility index (Phi) is 10.1. The van der Waals surface area contributed by atoms with E-state index in [9.17, 15) is 22.2 Å². The van der Waals surface area contributed by atoms with Crippen LogP contribution >= 0.6 is 11.6 Å². The van der Waals surface area contributed by atoms with E-state index < -0.39 is 62.7 Å². The van der Waals surface area contributed by atoms with Gasteiger partial charge >= 0.3 is 201 Å². The van der Waals surface area contributed by atoms with E-state index in [1.807, 2.05) is 0 Å². The van der Waals surface area contributed by atoms with Crippen molar-refractivity contribution in [3.63, 3.8) is 0 Å². The van der Waals surface area contributed by atoms with Crippen molar-refractivity contribution in [3.05, 3.63) is 35.9 Å². The quantitative estimate of drug-likeness (QED) is 0.210. The summed E-state index contributed by atoms with van der Waals surface area (Å²) >= 11 is 4.94. The first-order valence-corrected chi connectivity index (χ1v) is 12.4. The van der Waals surface area contributed by atoms with Gasteiger partial charge in [0.05, 0.1) is 0 Å². The van der Waals surface area contributed by atoms with Crippen LogP contribution in [0.1, 0.15) is 6.42 Å². The van der Waals surface area contributed by atoms with Crippen LogP contribution in [0.15, 0.2) is 33.9 Å². The predicted octanol–water partition coefficient (Wildman–Crippen LogP) is -0.406. The van der Waals surface area contributed by atoms with Crippen molar-refractivity contribution < 1.29 is 47.1 Å². The van der Waals surface area contributed by atoms with E-state index in [-0.39, 0.29) is 23.1 Å². The Morgan fingerprint density at radius 3 is 2.84 bits per heavy atom. The molecule has 174 valence electrons. The fourth-order valence-corrected chi connectivity index (χ4v) is 4.68. The molecule has 0 aromatic carbocycles. The molecule has 0 N–H and O–H groups in total. The van der Waals surface area contributed by atoms with Crippen LogP contribution < -0.4 is 26.8 Å². The molecule has 2 aromatic heterocycles. The molecule has 0 fully saturated rings. The van der Waals surface area contributed by atoms with E-state index in [4.69, 9.17) is 21.1 Å². The van der Waals surface area contributed by atoms with Crippen molar-refractivity contribution >= 4 is 39.7 Å². The first kappa shape index (κ1) is 26.2. The molecule has 0 aliphatic rings. The van der Waals surface area contributed by atoms with Gasteiger partial charge in [0.2, 0.25) is 0 Å². The summed E-state index contributed by atoms with van der Waals surface area (Å²) in [5.74, 6) is 0.450. The number of halogens is 5. The molecule has 14 heteroatoms. The van der Waals surface area contributed by atoms with Gasteiger partial charge in [0.15, 0.2) is 0 Å². The van der Waals surface area contributed by atoms with Crippen LogP contribution in [0.3, 0.4) is 0 Å². The molecule has 0 aliphatic heterocycles. The average molecular weight is 603 g/mol. The topological polar surface area (TPSA) is 89.7 Å². The van der Waals surface area contributed by atoms with Crippen LogP contribution in [-0.2, 0) is 18.7 Å². The third kappa shape index (κ3) is 7.84. The average Bonchev–Trinajstić information content (AvgIpc) is 3.14. The minimum absolute atomic E-state index is 0.0450. The zero-order valence-electron chi connectivity index (χ0n) is 16.6. The number of carbonyl (C=O) groups excluding carboxylic acids is 1. The van der Waals surface area contributed by atoms with Crippen LogP contribution in [0.25, 0.3) is 5.69 Å². The van der Waals surface area contributed by atoms with Gasteiger partial charge in [-0.05, 0) is 0 Å². The van der Waals surface area contributed by atoms with Crippen LogP contribution in [0.5, 0.6) is 0 Å². The molecule has 0 radical (unpaired) electrons. The summed E-state index contributed by atoms with van der Waals surface area (Å²) in [6, 6.07) is 3.40. The second kappa shape index (κ2) is 12.3. The monoisotopic (exact) mass is 602 g/mol. The van der Waals surface area contributed by atoms with Gasteiger partial charge in [-0.15, -0.1) is 0 Å². The zero-order chi connectivity index (χ0) is 23.7. The molecule has 1 atom stereocenters. The third-order valence-corrected chi connectivity index (χ3v) is 6.41. The molecule has 0 saturated heterocycles. The molecular formula is C18H17ClF3IN5O3S-. The molecule has 2 heterocycles. The summed E-state index contributed by atoms with van der Waals surface area (Å²) in [5, 5.41) is 4.10. The summed E-state index contributed by atoms with van der Waals surface area (Å²) in [6.45, 7) is -0.225. The minimum atomic E-state index is -4.46. The van der Waals surface area contributed by atoms with E-state index in [0.717, 1.165) is 4.90 Å². The Balaban J connectivity index is 2.32. The number of hydrogen-bond acceptors (Lipinski definition) is 6. The fraction of sp³-hybridized carbons (Fsp3) is 0.333. The van der Waals surface area contributed by atoms with Gasteiger partial charge in [-0.3, -0.25) is 0 Å². The van der Waals surface area contributed by atoms with E-state index in [1.165, 1.54) is 24.2 Å². The number of aromatic nitrogens is 3. The SMILES string of the molecule is C#CCN(C(=O)C(CS(=O)CCC(F)(F)F)=N[I-]OC)c1cn(-c2cccnc2)nc1Cl. The number of alkyl halides is 3. The summed E-state index contributed by atoms with van der Waals surface area (Å²) < 4.78 is 59.9. The maximum absolute atomic E-state index is 13.2. The fourth-order valence-electron chi connectivity index (χ4n) is 2.31. The number of terminal acetylenes is 1. The number of amides is 1. The zero-order valence-corrected chi connectivity index (χ0v) is 20.3. The second-order valence-corrected chi connectivity index (χ2v) is 9.66. The summed E-state index contributed by atoms with van der Waals surface area (Å²) in [7, 11) is -0.609. The van der Waals surface area contributed by atoms with Crippen LogP contribution in [0.4, 0.5) is 18.9 Å². The second-order valence-electron chi connectivity index (χ2n) is 5.96. The van der Waals surface area contributed by atoms with E-state index in [0.29, 0.717) is 5.69 Å². The van der Waals surface area contributed by atoms with Crippen molar-refractivity contribution in [2.24, 2.45) is 3.21 Å². The van der Waals surface area contributed by atoms with Crippen molar-refractivity contribution in [1.29, 1.82) is 0 Å². The van der Waals surface area contributed by atoms with Gasteiger partial charge < -0.3 is 0 Å². The number of carbonyl (C=O) groups is 1. The number of anilines is 1. The van der Waals surface area contributed by atoms with Gasteiger partial charge in [-0.1, -0.05) is 0 Å². The molecule has 0 saturated carbocycles. The molecule has 1 amide bonds. The molecule has 0 aliphatic carbocycles. The molecule has 0 bridgehead atoms. The first-order valence-electron chi connectivity index (χ1n) is 8.73. The van der Waals surface area contributed by atoms with E-state index >= 15 is 0 Å². The number of hydrogen-bond donors (Lipinski definition) is 0. The van der Waals surface area contributed by atoms with Crippen molar-refractivity contribution in [3.8, 4) is 18.0 Å². The van der Waals surface area contributed by atoms with Crippen molar-refractivity contribution in [2.75, 3.05) is 30.1 Å². The third-order valence-electron chi connectivity index (χ3n) is 3.71. The Morgan fingerprint density at radius 2 is 2.25 bits per heavy atom. The molecule has 32 heavy (non-hydrogen) atoms. The molecule has 1 unspecified atom stereocenters. The van der Waals surface area contributed by atoms with Gasteiger partial charge in [-0.25, -0.2) is 0 Å². The normalized spacial score (nSPS) is 13.1. The Morgan fingerprint density at radius 1 is 1.50 bits per heavy atom. The summed E-state index contributed by atoms with van der Waals surface area (Å²) in [4.78, 5) is 18.3.